The second-order valence-corrected chi connectivity index (χ2v) is 4.19. The molecule has 2 rings (SSSR count). The molecule has 2 aromatic rings. The van der Waals surface area contributed by atoms with E-state index in [1.165, 1.54) is 6.20 Å². The molecule has 1 heterocycles. The van der Waals surface area contributed by atoms with Gasteiger partial charge in [0.1, 0.15) is 11.2 Å². The molecule has 0 radical (unpaired) electrons. The van der Waals surface area contributed by atoms with Crippen molar-refractivity contribution in [3.05, 3.63) is 45.1 Å². The van der Waals surface area contributed by atoms with E-state index in [0.717, 1.165) is 18.4 Å². The molecule has 0 aliphatic rings. The lowest BCUT2D eigenvalue weighted by Gasteiger charge is -2.04. The number of nitro groups is 1. The maximum atomic E-state index is 10.8. The topological polar surface area (TPSA) is 56.0 Å². The van der Waals surface area contributed by atoms with E-state index >= 15 is 0 Å². The van der Waals surface area contributed by atoms with Gasteiger partial charge in [0.05, 0.1) is 10.4 Å². The van der Waals surface area contributed by atoms with Gasteiger partial charge in [-0.3, -0.25) is 10.1 Å². The Bertz CT molecular complexity index is 584. The number of nitrogens with zero attached hydrogens (tertiary/aromatic N) is 2. The van der Waals surface area contributed by atoms with E-state index in [1.54, 1.807) is 0 Å². The fraction of sp³-hybridized carbons (Fsp3) is 0.250. The van der Waals surface area contributed by atoms with Crippen molar-refractivity contribution in [3.8, 4) is 0 Å². The van der Waals surface area contributed by atoms with Gasteiger partial charge in [0.2, 0.25) is 0 Å². The number of rotatable bonds is 3. The van der Waals surface area contributed by atoms with Gasteiger partial charge < -0.3 is 0 Å². The summed E-state index contributed by atoms with van der Waals surface area (Å²) in [4.78, 5) is 14.3. The largest absolute Gasteiger partial charge is 0.306 e. The lowest BCUT2D eigenvalue weighted by atomic mass is 10.1. The molecule has 4 nitrogen and oxygen atoms in total. The van der Waals surface area contributed by atoms with Gasteiger partial charge in [0, 0.05) is 5.39 Å². The van der Waals surface area contributed by atoms with Crippen LogP contribution in [0.1, 0.15) is 18.9 Å². The maximum Gasteiger partial charge on any atom is 0.306 e. The van der Waals surface area contributed by atoms with Crippen LogP contribution >= 0.6 is 11.6 Å². The van der Waals surface area contributed by atoms with E-state index in [-0.39, 0.29) is 10.7 Å². The van der Waals surface area contributed by atoms with Crippen molar-refractivity contribution in [1.29, 1.82) is 0 Å². The summed E-state index contributed by atoms with van der Waals surface area (Å²) >= 11 is 6.03. The zero-order chi connectivity index (χ0) is 12.4. The van der Waals surface area contributed by atoms with Crippen LogP contribution in [0.2, 0.25) is 5.02 Å². The summed E-state index contributed by atoms with van der Waals surface area (Å²) in [6.07, 6.45) is 3.14. The summed E-state index contributed by atoms with van der Waals surface area (Å²) in [7, 11) is 0. The van der Waals surface area contributed by atoms with Gasteiger partial charge in [-0.05, 0) is 24.1 Å². The molecule has 0 aliphatic carbocycles. The maximum absolute atomic E-state index is 10.8. The Morgan fingerprint density at radius 2 is 2.24 bits per heavy atom. The number of fused-ring (bicyclic) bond motifs is 1. The van der Waals surface area contributed by atoms with Crippen molar-refractivity contribution in [1.82, 2.24) is 4.98 Å². The molecule has 0 fully saturated rings. The van der Waals surface area contributed by atoms with Crippen LogP contribution in [0, 0.1) is 10.1 Å². The Balaban J connectivity index is 2.64. The number of hydrogen-bond donors (Lipinski definition) is 0. The van der Waals surface area contributed by atoms with E-state index in [0.29, 0.717) is 10.9 Å². The minimum Gasteiger partial charge on any atom is -0.258 e. The molecule has 0 atom stereocenters. The molecule has 0 saturated heterocycles. The molecule has 17 heavy (non-hydrogen) atoms. The van der Waals surface area contributed by atoms with Gasteiger partial charge >= 0.3 is 5.69 Å². The predicted molar refractivity (Wildman–Crippen MR) is 67.4 cm³/mol. The van der Waals surface area contributed by atoms with E-state index in [4.69, 9.17) is 11.6 Å². The Morgan fingerprint density at radius 1 is 1.47 bits per heavy atom. The molecule has 1 aromatic carbocycles. The van der Waals surface area contributed by atoms with E-state index < -0.39 is 4.92 Å². The fourth-order valence-corrected chi connectivity index (χ4v) is 2.04. The van der Waals surface area contributed by atoms with Crippen LogP contribution in [0.15, 0.2) is 24.4 Å². The average molecular weight is 251 g/mol. The summed E-state index contributed by atoms with van der Waals surface area (Å²) in [5.74, 6) is 0. The van der Waals surface area contributed by atoms with Crippen molar-refractivity contribution < 1.29 is 4.92 Å². The molecular weight excluding hydrogens is 240 g/mol. The Labute approximate surface area is 103 Å². The molecule has 0 N–H and O–H groups in total. The smallest absolute Gasteiger partial charge is 0.258 e. The lowest BCUT2D eigenvalue weighted by Crippen LogP contribution is -1.93. The third-order valence-corrected chi connectivity index (χ3v) is 2.98. The molecule has 0 aliphatic heterocycles. The van der Waals surface area contributed by atoms with Gasteiger partial charge in [-0.25, -0.2) is 4.98 Å². The zero-order valence-electron chi connectivity index (χ0n) is 9.31. The highest BCUT2D eigenvalue weighted by Crippen LogP contribution is 2.31. The Morgan fingerprint density at radius 3 is 2.88 bits per heavy atom. The summed E-state index contributed by atoms with van der Waals surface area (Å²) in [5, 5.41) is 11.6. The first-order valence-corrected chi connectivity index (χ1v) is 5.72. The van der Waals surface area contributed by atoms with Crippen LogP contribution in [0.3, 0.4) is 0 Å². The number of pyridine rings is 1. The van der Waals surface area contributed by atoms with Gasteiger partial charge in [-0.2, -0.15) is 0 Å². The first kappa shape index (κ1) is 11.8. The summed E-state index contributed by atoms with van der Waals surface area (Å²) in [6.45, 7) is 2.08. The summed E-state index contributed by atoms with van der Waals surface area (Å²) < 4.78 is 0. The van der Waals surface area contributed by atoms with E-state index in [1.807, 2.05) is 18.2 Å². The molecule has 5 heteroatoms. The first-order chi connectivity index (χ1) is 8.13. The number of aromatic nitrogens is 1. The number of aryl methyl sites for hydroxylation is 1. The van der Waals surface area contributed by atoms with Crippen LogP contribution in [0.25, 0.3) is 10.9 Å². The lowest BCUT2D eigenvalue weighted by molar-refractivity contribution is -0.384. The van der Waals surface area contributed by atoms with Crippen molar-refractivity contribution in [2.45, 2.75) is 19.8 Å². The molecule has 0 bridgehead atoms. The second kappa shape index (κ2) is 4.67. The van der Waals surface area contributed by atoms with Crippen LogP contribution in [-0.2, 0) is 6.42 Å². The van der Waals surface area contributed by atoms with Crippen molar-refractivity contribution in [3.63, 3.8) is 0 Å². The van der Waals surface area contributed by atoms with E-state index in [2.05, 4.69) is 11.9 Å². The fourth-order valence-electron chi connectivity index (χ4n) is 1.77. The van der Waals surface area contributed by atoms with Crippen molar-refractivity contribution in [2.24, 2.45) is 0 Å². The minimum atomic E-state index is -0.513. The monoisotopic (exact) mass is 250 g/mol. The van der Waals surface area contributed by atoms with Crippen LogP contribution in [-0.4, -0.2) is 9.91 Å². The van der Waals surface area contributed by atoms with E-state index in [9.17, 15) is 10.1 Å². The van der Waals surface area contributed by atoms with Gasteiger partial charge in [-0.15, -0.1) is 0 Å². The van der Waals surface area contributed by atoms with Crippen LogP contribution in [0.4, 0.5) is 5.69 Å². The average Bonchev–Trinajstić information content (AvgIpc) is 2.30. The Hall–Kier alpha value is -1.68. The number of benzene rings is 1. The minimum absolute atomic E-state index is 0.146. The molecule has 0 spiro atoms. The third-order valence-electron chi connectivity index (χ3n) is 2.58. The first-order valence-electron chi connectivity index (χ1n) is 5.35. The number of hydrogen-bond acceptors (Lipinski definition) is 3. The normalized spacial score (nSPS) is 10.7. The highest BCUT2D eigenvalue weighted by Gasteiger charge is 2.16. The molecule has 0 unspecified atom stereocenters. The van der Waals surface area contributed by atoms with Gasteiger partial charge in [-0.1, -0.05) is 31.0 Å². The molecular formula is C12H11ClN2O2. The molecule has 1 aromatic heterocycles. The molecule has 0 saturated carbocycles. The molecule has 0 amide bonds. The SMILES string of the molecule is CCCc1ccc2ncc([N+](=O)[O-])c(Cl)c2c1. The second-order valence-electron chi connectivity index (χ2n) is 3.82. The molecule has 88 valence electrons. The summed E-state index contributed by atoms with van der Waals surface area (Å²) in [6, 6.07) is 5.69. The zero-order valence-corrected chi connectivity index (χ0v) is 10.1. The van der Waals surface area contributed by atoms with Crippen molar-refractivity contribution >= 4 is 28.2 Å². The van der Waals surface area contributed by atoms with Gasteiger partial charge in [0.15, 0.2) is 0 Å². The van der Waals surface area contributed by atoms with Gasteiger partial charge in [0.25, 0.3) is 0 Å². The predicted octanol–water partition coefficient (Wildman–Crippen LogP) is 3.75. The highest BCUT2D eigenvalue weighted by atomic mass is 35.5. The van der Waals surface area contributed by atoms with Crippen molar-refractivity contribution in [2.75, 3.05) is 0 Å². The van der Waals surface area contributed by atoms with Crippen LogP contribution < -0.4 is 0 Å². The number of halogens is 1. The quantitative estimate of drug-likeness (QED) is 0.616. The summed E-state index contributed by atoms with van der Waals surface area (Å²) in [5.41, 5.74) is 1.65. The Kier molecular flexibility index (Phi) is 3.24. The van der Waals surface area contributed by atoms with Crippen LogP contribution in [0.5, 0.6) is 0 Å². The third kappa shape index (κ3) is 2.22. The highest BCUT2D eigenvalue weighted by molar-refractivity contribution is 6.37. The standard InChI is InChI=1S/C12H11ClN2O2/c1-2-3-8-4-5-10-9(6-8)12(13)11(7-14-10)15(16)17/h4-7H,2-3H2,1H3.